The quantitative estimate of drug-likeness (QED) is 0.133. The minimum Gasteiger partial charge on any atom is -0.0616 e. The molecule has 0 aliphatic heterocycles. The predicted octanol–water partition coefficient (Wildman–Crippen LogP) is 30.5. The Bertz CT molecular complexity index is 7070. The molecule has 22 rings (SSSR count). The highest BCUT2D eigenvalue weighted by atomic mass is 14.4. The standard InChI is InChI=1S/2C55H38/c1-55(2)49-27-13-26-44(54(49)53-43-20-6-4-15-36(43)32-33-50(53)55)39-17-11-18-40(34-39)52-47-23-9-7-21-45(47)51(46-22-8-10-24-48(46)52)38-30-28-37(29-31-38)42-25-12-16-35-14-3-5-19-41(35)42;1-55(2)49-31-15-29-41(54(49)53-40-22-6-4-17-36(40)32-33-50(53)55)37-19-13-20-38(34-37)51-45-25-9-11-27-47(45)52(48-28-12-10-26-46(48)51)44-24-8-7-23-43(44)42-30-14-18-35-16-3-5-21-39(35)42/h2*3-34H,1-2H3. The molecular weight excluding hydrogens is 1320 g/mol. The molecule has 0 spiro atoms. The van der Waals surface area contributed by atoms with Gasteiger partial charge in [-0.25, -0.2) is 0 Å². The molecule has 0 heteroatoms. The zero-order chi connectivity index (χ0) is 73.3. The zero-order valence-electron chi connectivity index (χ0n) is 62.0. The van der Waals surface area contributed by atoms with Crippen LogP contribution in [-0.2, 0) is 10.8 Å². The predicted molar refractivity (Wildman–Crippen MR) is 472 cm³/mol. The fraction of sp³-hybridized carbons (Fsp3) is 0.0545. The van der Waals surface area contributed by atoms with E-state index < -0.39 is 0 Å². The summed E-state index contributed by atoms with van der Waals surface area (Å²) < 4.78 is 0. The van der Waals surface area contributed by atoms with Gasteiger partial charge in [0.2, 0.25) is 0 Å². The van der Waals surface area contributed by atoms with Crippen LogP contribution >= 0.6 is 0 Å². The fourth-order valence-electron chi connectivity index (χ4n) is 19.4. The normalized spacial score (nSPS) is 13.1. The number of hydrogen-bond acceptors (Lipinski definition) is 0. The summed E-state index contributed by atoms with van der Waals surface area (Å²) in [6.45, 7) is 9.52. The maximum Gasteiger partial charge on any atom is 0.0159 e. The van der Waals surface area contributed by atoms with Crippen molar-refractivity contribution in [2.45, 2.75) is 38.5 Å². The summed E-state index contributed by atoms with van der Waals surface area (Å²) in [5.41, 5.74) is 31.0. The number of rotatable bonds is 8. The maximum atomic E-state index is 2.43. The van der Waals surface area contributed by atoms with Crippen LogP contribution in [0.15, 0.2) is 388 Å². The van der Waals surface area contributed by atoms with Crippen LogP contribution in [-0.4, -0.2) is 0 Å². The summed E-state index contributed by atoms with van der Waals surface area (Å²) in [4.78, 5) is 0. The third-order valence-electron chi connectivity index (χ3n) is 24.5. The Morgan fingerprint density at radius 1 is 0.136 bits per heavy atom. The van der Waals surface area contributed by atoms with Crippen LogP contribution in [0.5, 0.6) is 0 Å². The van der Waals surface area contributed by atoms with E-state index >= 15 is 0 Å². The molecule has 0 bridgehead atoms. The first-order valence-electron chi connectivity index (χ1n) is 38.7. The van der Waals surface area contributed by atoms with Gasteiger partial charge in [-0.05, 0) is 232 Å². The van der Waals surface area contributed by atoms with Gasteiger partial charge < -0.3 is 0 Å². The van der Waals surface area contributed by atoms with Crippen molar-refractivity contribution in [1.82, 2.24) is 0 Å². The first-order chi connectivity index (χ1) is 54.1. The summed E-state index contributed by atoms with van der Waals surface area (Å²) in [6, 6.07) is 144. The van der Waals surface area contributed by atoms with Gasteiger partial charge in [0.1, 0.15) is 0 Å². The van der Waals surface area contributed by atoms with Crippen molar-refractivity contribution in [1.29, 1.82) is 0 Å². The molecule has 0 atom stereocenters. The van der Waals surface area contributed by atoms with Crippen LogP contribution in [0.3, 0.4) is 0 Å². The lowest BCUT2D eigenvalue weighted by Crippen LogP contribution is -2.14. The molecule has 0 aromatic heterocycles. The van der Waals surface area contributed by atoms with Gasteiger partial charge in [-0.1, -0.05) is 404 Å². The van der Waals surface area contributed by atoms with Gasteiger partial charge in [0.25, 0.3) is 0 Å². The van der Waals surface area contributed by atoms with Crippen molar-refractivity contribution in [2.75, 3.05) is 0 Å². The Kier molecular flexibility index (Phi) is 15.1. The van der Waals surface area contributed by atoms with Crippen LogP contribution in [0, 0.1) is 0 Å². The van der Waals surface area contributed by atoms with E-state index in [1.165, 1.54) is 220 Å². The van der Waals surface area contributed by atoms with E-state index in [0.29, 0.717) is 0 Å². The molecule has 2 aliphatic rings. The minimum absolute atomic E-state index is 0.0857. The molecule has 0 saturated carbocycles. The molecule has 20 aromatic carbocycles. The summed E-state index contributed by atoms with van der Waals surface area (Å²) in [5, 5.41) is 20.4. The molecule has 0 saturated heterocycles. The molecule has 0 radical (unpaired) electrons. The summed E-state index contributed by atoms with van der Waals surface area (Å²) in [6.07, 6.45) is 0. The largest absolute Gasteiger partial charge is 0.0616 e. The molecular formula is C110H76. The van der Waals surface area contributed by atoms with Crippen molar-refractivity contribution in [3.8, 4) is 111 Å². The molecule has 110 heavy (non-hydrogen) atoms. The van der Waals surface area contributed by atoms with Crippen molar-refractivity contribution < 1.29 is 0 Å². The first-order valence-corrected chi connectivity index (χ1v) is 38.7. The third-order valence-corrected chi connectivity index (χ3v) is 24.5. The molecule has 0 unspecified atom stereocenters. The van der Waals surface area contributed by atoms with Crippen LogP contribution in [0.25, 0.3) is 197 Å². The zero-order valence-corrected chi connectivity index (χ0v) is 62.0. The smallest absolute Gasteiger partial charge is 0.0159 e. The van der Waals surface area contributed by atoms with E-state index in [0.717, 1.165) is 0 Å². The topological polar surface area (TPSA) is 0 Å². The number of fused-ring (bicyclic) bond motifs is 16. The lowest BCUT2D eigenvalue weighted by molar-refractivity contribution is 0.661. The van der Waals surface area contributed by atoms with E-state index in [2.05, 4.69) is 416 Å². The van der Waals surface area contributed by atoms with E-state index in [1.807, 2.05) is 0 Å². The Morgan fingerprint density at radius 2 is 0.409 bits per heavy atom. The second-order valence-corrected chi connectivity index (χ2v) is 31.1. The van der Waals surface area contributed by atoms with E-state index in [9.17, 15) is 0 Å². The van der Waals surface area contributed by atoms with Crippen LogP contribution < -0.4 is 0 Å². The lowest BCUT2D eigenvalue weighted by Gasteiger charge is -2.22. The van der Waals surface area contributed by atoms with Gasteiger partial charge in [-0.3, -0.25) is 0 Å². The SMILES string of the molecule is CC1(C)c2cccc(-c3cccc(-c4c5ccccc5c(-c5ccc(-c6cccc7ccccc67)cc5)c5ccccc45)c3)c2-c2c1ccc1ccccc21.CC1(C)c2cccc(-c3cccc(-c4c5ccccc5c(-c5ccccc5-c5cccc6ccccc56)c5ccccc45)c3)c2-c2c1ccc1ccccc21. The molecule has 0 amide bonds. The van der Waals surface area contributed by atoms with Gasteiger partial charge in [0, 0.05) is 10.8 Å². The molecule has 20 aromatic rings. The Hall–Kier alpha value is -13.5. The number of hydrogen-bond donors (Lipinski definition) is 0. The van der Waals surface area contributed by atoms with Gasteiger partial charge in [0.05, 0.1) is 0 Å². The summed E-state index contributed by atoms with van der Waals surface area (Å²) in [7, 11) is 0. The van der Waals surface area contributed by atoms with Gasteiger partial charge in [0.15, 0.2) is 0 Å². The molecule has 2 aliphatic carbocycles. The third kappa shape index (κ3) is 10.1. The minimum atomic E-state index is -0.0904. The fourth-order valence-corrected chi connectivity index (χ4v) is 19.4. The van der Waals surface area contributed by atoms with E-state index in [-0.39, 0.29) is 10.8 Å². The Balaban J connectivity index is 0.000000140. The summed E-state index contributed by atoms with van der Waals surface area (Å²) >= 11 is 0. The van der Waals surface area contributed by atoms with Crippen LogP contribution in [0.2, 0.25) is 0 Å². The van der Waals surface area contributed by atoms with Crippen LogP contribution in [0.1, 0.15) is 49.9 Å². The van der Waals surface area contributed by atoms with E-state index in [4.69, 9.17) is 0 Å². The van der Waals surface area contributed by atoms with Crippen molar-refractivity contribution in [3.05, 3.63) is 411 Å². The molecule has 0 fully saturated rings. The van der Waals surface area contributed by atoms with Crippen molar-refractivity contribution >= 4 is 86.2 Å². The van der Waals surface area contributed by atoms with E-state index in [1.54, 1.807) is 0 Å². The average Bonchev–Trinajstić information content (AvgIpc) is 1.27. The maximum absolute atomic E-state index is 2.43. The summed E-state index contributed by atoms with van der Waals surface area (Å²) in [5.74, 6) is 0. The highest BCUT2D eigenvalue weighted by Gasteiger charge is 2.40. The monoisotopic (exact) mass is 1400 g/mol. The molecule has 0 N–H and O–H groups in total. The van der Waals surface area contributed by atoms with Crippen LogP contribution in [0.4, 0.5) is 0 Å². The lowest BCUT2D eigenvalue weighted by atomic mass is 9.81. The molecule has 0 heterocycles. The number of benzene rings is 20. The van der Waals surface area contributed by atoms with Gasteiger partial charge >= 0.3 is 0 Å². The Labute approximate surface area is 642 Å². The van der Waals surface area contributed by atoms with Gasteiger partial charge in [-0.15, -0.1) is 0 Å². The Morgan fingerprint density at radius 3 is 0.845 bits per heavy atom. The molecule has 516 valence electrons. The molecule has 0 nitrogen and oxygen atoms in total. The highest BCUT2D eigenvalue weighted by molar-refractivity contribution is 6.24. The first kappa shape index (κ1) is 64.8. The average molecular weight is 1400 g/mol. The van der Waals surface area contributed by atoms with Crippen molar-refractivity contribution in [2.24, 2.45) is 0 Å². The second-order valence-electron chi connectivity index (χ2n) is 31.1. The van der Waals surface area contributed by atoms with Gasteiger partial charge in [-0.2, -0.15) is 0 Å². The van der Waals surface area contributed by atoms with Crippen molar-refractivity contribution in [3.63, 3.8) is 0 Å². The second kappa shape index (κ2) is 25.6. The highest BCUT2D eigenvalue weighted by Crippen LogP contribution is 2.58.